The molecule has 0 amide bonds. The standard InChI is InChI=1S/C5H9FN2O2S/c1-5-7(2)3-4-8(5)11(6,9)10/h3-5H,1-2H3. The first kappa shape index (κ1) is 8.32. The molecule has 1 aliphatic rings. The second-order valence-corrected chi connectivity index (χ2v) is 3.61. The summed E-state index contributed by atoms with van der Waals surface area (Å²) in [6.07, 6.45) is 2.23. The monoisotopic (exact) mass is 180 g/mol. The minimum Gasteiger partial charge on any atom is -0.358 e. The van der Waals surface area contributed by atoms with E-state index < -0.39 is 16.6 Å². The van der Waals surface area contributed by atoms with Crippen molar-refractivity contribution in [3.8, 4) is 0 Å². The van der Waals surface area contributed by atoms with Gasteiger partial charge in [0, 0.05) is 19.4 Å². The Kier molecular flexibility index (Phi) is 1.79. The van der Waals surface area contributed by atoms with Gasteiger partial charge in [0.1, 0.15) is 6.17 Å². The molecule has 0 radical (unpaired) electrons. The second-order valence-electron chi connectivity index (χ2n) is 2.37. The summed E-state index contributed by atoms with van der Waals surface area (Å²) < 4.78 is 33.7. The Morgan fingerprint density at radius 2 is 2.00 bits per heavy atom. The smallest absolute Gasteiger partial charge is 0.358 e. The van der Waals surface area contributed by atoms with Crippen molar-refractivity contribution in [3.05, 3.63) is 12.4 Å². The van der Waals surface area contributed by atoms with Gasteiger partial charge in [-0.3, -0.25) is 0 Å². The van der Waals surface area contributed by atoms with Crippen LogP contribution < -0.4 is 0 Å². The lowest BCUT2D eigenvalue weighted by atomic mass is 10.6. The molecule has 0 N–H and O–H groups in total. The zero-order valence-electron chi connectivity index (χ0n) is 6.23. The van der Waals surface area contributed by atoms with Crippen LogP contribution in [0, 0.1) is 0 Å². The van der Waals surface area contributed by atoms with E-state index >= 15 is 0 Å². The summed E-state index contributed by atoms with van der Waals surface area (Å²) in [5, 5.41) is 0. The second kappa shape index (κ2) is 2.37. The van der Waals surface area contributed by atoms with Crippen molar-refractivity contribution in [2.24, 2.45) is 0 Å². The maximum atomic E-state index is 12.3. The predicted octanol–water partition coefficient (Wildman–Crippen LogP) is 0.265. The van der Waals surface area contributed by atoms with Crippen LogP contribution in [0.2, 0.25) is 0 Å². The van der Waals surface area contributed by atoms with Crippen molar-refractivity contribution in [2.75, 3.05) is 7.05 Å². The molecule has 0 fully saturated rings. The highest BCUT2D eigenvalue weighted by molar-refractivity contribution is 7.84. The quantitative estimate of drug-likeness (QED) is 0.544. The van der Waals surface area contributed by atoms with Gasteiger partial charge in [0.15, 0.2) is 0 Å². The van der Waals surface area contributed by atoms with Crippen LogP contribution in [0.4, 0.5) is 3.89 Å². The van der Waals surface area contributed by atoms with Gasteiger partial charge in [0.05, 0.1) is 0 Å². The molecule has 1 rings (SSSR count). The maximum Gasteiger partial charge on any atom is 0.400 e. The molecular weight excluding hydrogens is 171 g/mol. The SMILES string of the molecule is CC1N(C)C=CN1S(=O)(=O)F. The van der Waals surface area contributed by atoms with Crippen molar-refractivity contribution in [3.63, 3.8) is 0 Å². The topological polar surface area (TPSA) is 40.6 Å². The molecule has 64 valence electrons. The third kappa shape index (κ3) is 1.45. The largest absolute Gasteiger partial charge is 0.400 e. The van der Waals surface area contributed by atoms with E-state index in [4.69, 9.17) is 0 Å². The molecule has 0 spiro atoms. The van der Waals surface area contributed by atoms with E-state index in [2.05, 4.69) is 0 Å². The van der Waals surface area contributed by atoms with Crippen molar-refractivity contribution in [2.45, 2.75) is 13.1 Å². The third-order valence-electron chi connectivity index (χ3n) is 1.66. The van der Waals surface area contributed by atoms with Gasteiger partial charge >= 0.3 is 10.4 Å². The molecule has 1 atom stereocenters. The number of hydrogen-bond acceptors (Lipinski definition) is 3. The lowest BCUT2D eigenvalue weighted by Crippen LogP contribution is -2.35. The zero-order chi connectivity index (χ0) is 8.65. The normalized spacial score (nSPS) is 24.8. The molecule has 1 heterocycles. The van der Waals surface area contributed by atoms with Gasteiger partial charge in [-0.05, 0) is 6.92 Å². The summed E-state index contributed by atoms with van der Waals surface area (Å²) in [6, 6.07) is 0. The fourth-order valence-corrected chi connectivity index (χ4v) is 1.57. The van der Waals surface area contributed by atoms with E-state index in [0.29, 0.717) is 4.31 Å². The average molecular weight is 180 g/mol. The predicted molar refractivity (Wildman–Crippen MR) is 38.2 cm³/mol. The van der Waals surface area contributed by atoms with E-state index in [1.165, 1.54) is 12.4 Å². The van der Waals surface area contributed by atoms with E-state index in [9.17, 15) is 12.3 Å². The Morgan fingerprint density at radius 1 is 1.45 bits per heavy atom. The maximum absolute atomic E-state index is 12.3. The van der Waals surface area contributed by atoms with Gasteiger partial charge < -0.3 is 4.90 Å². The molecule has 11 heavy (non-hydrogen) atoms. The fraction of sp³-hybridized carbons (Fsp3) is 0.600. The molecule has 1 unspecified atom stereocenters. The Bertz CT molecular complexity index is 274. The summed E-state index contributed by atoms with van der Waals surface area (Å²) in [5.41, 5.74) is 0. The van der Waals surface area contributed by atoms with Crippen LogP contribution in [0.5, 0.6) is 0 Å². The van der Waals surface area contributed by atoms with Crippen LogP contribution >= 0.6 is 0 Å². The Morgan fingerprint density at radius 3 is 2.18 bits per heavy atom. The van der Waals surface area contributed by atoms with Crippen LogP contribution in [0.25, 0.3) is 0 Å². The van der Waals surface area contributed by atoms with Gasteiger partial charge in [-0.25, -0.2) is 4.31 Å². The van der Waals surface area contributed by atoms with Crippen LogP contribution in [0.15, 0.2) is 12.4 Å². The Balaban J connectivity index is 2.88. The molecule has 0 aromatic carbocycles. The summed E-state index contributed by atoms with van der Waals surface area (Å²) >= 11 is 0. The highest BCUT2D eigenvalue weighted by atomic mass is 32.3. The Hall–Kier alpha value is -0.780. The molecular formula is C5H9FN2O2S. The minimum absolute atomic E-state index is 0.468. The van der Waals surface area contributed by atoms with E-state index in [0.717, 1.165) is 0 Å². The van der Waals surface area contributed by atoms with Gasteiger partial charge in [-0.2, -0.15) is 8.42 Å². The lowest BCUT2D eigenvalue weighted by molar-refractivity contribution is 0.265. The van der Waals surface area contributed by atoms with Gasteiger partial charge in [0.2, 0.25) is 0 Å². The van der Waals surface area contributed by atoms with E-state index in [-0.39, 0.29) is 0 Å². The Labute approximate surface area is 65.2 Å². The van der Waals surface area contributed by atoms with Crippen LogP contribution in [0.1, 0.15) is 6.92 Å². The van der Waals surface area contributed by atoms with Crippen molar-refractivity contribution in [1.82, 2.24) is 9.21 Å². The average Bonchev–Trinajstić information content (AvgIpc) is 2.11. The molecule has 0 saturated carbocycles. The van der Waals surface area contributed by atoms with Gasteiger partial charge in [0.25, 0.3) is 0 Å². The molecule has 0 aromatic heterocycles. The fourth-order valence-electron chi connectivity index (χ4n) is 0.854. The molecule has 0 saturated heterocycles. The highest BCUT2D eigenvalue weighted by Crippen LogP contribution is 2.17. The number of rotatable bonds is 1. The van der Waals surface area contributed by atoms with Gasteiger partial charge in [-0.1, -0.05) is 3.89 Å². The van der Waals surface area contributed by atoms with Crippen LogP contribution in [0.3, 0.4) is 0 Å². The first-order valence-electron chi connectivity index (χ1n) is 3.06. The summed E-state index contributed by atoms with van der Waals surface area (Å²) in [5.74, 6) is 0. The van der Waals surface area contributed by atoms with Crippen molar-refractivity contribution < 1.29 is 12.3 Å². The summed E-state index contributed by atoms with van der Waals surface area (Å²) in [6.45, 7) is 1.59. The molecule has 6 heteroatoms. The first-order valence-corrected chi connectivity index (χ1v) is 4.40. The number of hydrogen-bond donors (Lipinski definition) is 0. The zero-order valence-corrected chi connectivity index (χ0v) is 7.05. The molecule has 0 aliphatic carbocycles. The molecule has 1 aliphatic heterocycles. The molecule has 0 aromatic rings. The van der Waals surface area contributed by atoms with Crippen LogP contribution in [-0.2, 0) is 10.4 Å². The van der Waals surface area contributed by atoms with Gasteiger partial charge in [-0.15, -0.1) is 0 Å². The highest BCUT2D eigenvalue weighted by Gasteiger charge is 2.28. The first-order chi connectivity index (χ1) is 4.93. The van der Waals surface area contributed by atoms with Crippen molar-refractivity contribution in [1.29, 1.82) is 0 Å². The molecule has 4 nitrogen and oxygen atoms in total. The third-order valence-corrected chi connectivity index (χ3v) is 2.59. The lowest BCUT2D eigenvalue weighted by Gasteiger charge is -2.22. The minimum atomic E-state index is -4.58. The van der Waals surface area contributed by atoms with Crippen molar-refractivity contribution >= 4 is 10.4 Å². The summed E-state index contributed by atoms with van der Waals surface area (Å²) in [4.78, 5) is 1.59. The van der Waals surface area contributed by atoms with E-state index in [1.54, 1.807) is 18.9 Å². The number of halogens is 1. The number of nitrogens with zero attached hydrogens (tertiary/aromatic N) is 2. The summed E-state index contributed by atoms with van der Waals surface area (Å²) in [7, 11) is -2.91. The van der Waals surface area contributed by atoms with Crippen LogP contribution in [-0.4, -0.2) is 30.8 Å². The van der Waals surface area contributed by atoms with E-state index in [1.807, 2.05) is 0 Å². The molecule has 0 bridgehead atoms.